The molecule has 2 rings (SSSR count). The van der Waals surface area contributed by atoms with Crippen molar-refractivity contribution in [2.45, 2.75) is 33.1 Å². The number of carbonyl (C=O) groups is 3. The smallest absolute Gasteiger partial charge is 0.309 e. The zero-order chi connectivity index (χ0) is 16.3. The number of carboxylic acids is 1. The van der Waals surface area contributed by atoms with Crippen LogP contribution in [-0.4, -0.2) is 22.9 Å². The number of rotatable bonds is 6. The summed E-state index contributed by atoms with van der Waals surface area (Å²) in [6.45, 7) is 3.01. The molecule has 0 unspecified atom stereocenters. The first-order valence-corrected chi connectivity index (χ1v) is 7.22. The summed E-state index contributed by atoms with van der Waals surface area (Å²) in [6.07, 6.45) is 1.78. The van der Waals surface area contributed by atoms with Crippen LogP contribution in [0.25, 0.3) is 0 Å². The lowest BCUT2D eigenvalue weighted by Gasteiger charge is -2.18. The predicted molar refractivity (Wildman–Crippen MR) is 82.5 cm³/mol. The lowest BCUT2D eigenvalue weighted by molar-refractivity contribution is -0.148. The van der Waals surface area contributed by atoms with Crippen molar-refractivity contribution >= 4 is 29.2 Å². The lowest BCUT2D eigenvalue weighted by Crippen LogP contribution is -2.29. The van der Waals surface area contributed by atoms with Gasteiger partial charge in [0, 0.05) is 23.7 Å². The molecule has 0 bridgehead atoms. The van der Waals surface area contributed by atoms with Crippen molar-refractivity contribution in [1.29, 1.82) is 0 Å². The van der Waals surface area contributed by atoms with Crippen molar-refractivity contribution in [2.75, 3.05) is 10.6 Å². The summed E-state index contributed by atoms with van der Waals surface area (Å²) in [5.41, 5.74) is 0.138. The van der Waals surface area contributed by atoms with E-state index in [9.17, 15) is 14.4 Å². The van der Waals surface area contributed by atoms with Crippen LogP contribution in [0.1, 0.15) is 33.1 Å². The van der Waals surface area contributed by atoms with Crippen molar-refractivity contribution in [2.24, 2.45) is 11.3 Å². The number of aliphatic carboxylic acids is 1. The highest BCUT2D eigenvalue weighted by Crippen LogP contribution is 2.30. The normalized spacial score (nSPS) is 14.3. The monoisotopic (exact) mass is 304 g/mol. The van der Waals surface area contributed by atoms with E-state index >= 15 is 0 Å². The van der Waals surface area contributed by atoms with E-state index in [-0.39, 0.29) is 24.2 Å². The van der Waals surface area contributed by atoms with Crippen molar-refractivity contribution in [3.05, 3.63) is 24.3 Å². The van der Waals surface area contributed by atoms with Gasteiger partial charge in [-0.15, -0.1) is 0 Å². The third kappa shape index (κ3) is 4.31. The van der Waals surface area contributed by atoms with Gasteiger partial charge < -0.3 is 15.7 Å². The number of anilines is 2. The van der Waals surface area contributed by atoms with Crippen LogP contribution in [0, 0.1) is 11.3 Å². The quantitative estimate of drug-likeness (QED) is 0.752. The molecule has 1 aliphatic carbocycles. The Labute approximate surface area is 128 Å². The van der Waals surface area contributed by atoms with E-state index in [2.05, 4.69) is 10.6 Å². The Hall–Kier alpha value is -2.37. The molecule has 1 saturated carbocycles. The molecule has 0 spiro atoms. The van der Waals surface area contributed by atoms with Gasteiger partial charge in [-0.25, -0.2) is 0 Å². The molecule has 6 heteroatoms. The molecule has 118 valence electrons. The molecule has 0 radical (unpaired) electrons. The summed E-state index contributed by atoms with van der Waals surface area (Å²) in [7, 11) is 0. The van der Waals surface area contributed by atoms with E-state index in [1.807, 2.05) is 0 Å². The maximum Gasteiger partial charge on any atom is 0.309 e. The Morgan fingerprint density at radius 1 is 1.09 bits per heavy atom. The molecular weight excluding hydrogens is 284 g/mol. The molecule has 0 atom stereocenters. The van der Waals surface area contributed by atoms with E-state index in [4.69, 9.17) is 5.11 Å². The van der Waals surface area contributed by atoms with Gasteiger partial charge in [-0.3, -0.25) is 14.4 Å². The Bertz CT molecular complexity index is 589. The first-order chi connectivity index (χ1) is 10.3. The van der Waals surface area contributed by atoms with E-state index in [0.717, 1.165) is 12.8 Å². The Morgan fingerprint density at radius 3 is 2.05 bits per heavy atom. The Kier molecular flexibility index (Phi) is 4.49. The van der Waals surface area contributed by atoms with Gasteiger partial charge in [0.15, 0.2) is 0 Å². The molecule has 3 N–H and O–H groups in total. The molecule has 22 heavy (non-hydrogen) atoms. The number of carbonyl (C=O) groups excluding carboxylic acids is 2. The number of amides is 2. The standard InChI is InChI=1S/C16H20N2O4/c1-16(2,15(21)22)9-13(19)17-11-5-7-12(8-6-11)18-14(20)10-3-4-10/h5-8,10H,3-4,9H2,1-2H3,(H,17,19)(H,18,20)(H,21,22). The number of hydrogen-bond donors (Lipinski definition) is 3. The summed E-state index contributed by atoms with van der Waals surface area (Å²) >= 11 is 0. The van der Waals surface area contributed by atoms with Gasteiger partial charge in [-0.05, 0) is 51.0 Å². The van der Waals surface area contributed by atoms with Crippen LogP contribution in [0.4, 0.5) is 11.4 Å². The highest BCUT2D eigenvalue weighted by Gasteiger charge is 2.30. The SMILES string of the molecule is CC(C)(CC(=O)Nc1ccc(NC(=O)C2CC2)cc1)C(=O)O. The fraction of sp³-hybridized carbons (Fsp3) is 0.438. The summed E-state index contributed by atoms with van der Waals surface area (Å²) in [4.78, 5) is 34.5. The van der Waals surface area contributed by atoms with Gasteiger partial charge in [0.2, 0.25) is 11.8 Å². The second kappa shape index (κ2) is 6.17. The highest BCUT2D eigenvalue weighted by atomic mass is 16.4. The number of carboxylic acid groups (broad SMARTS) is 1. The molecule has 2 amide bonds. The molecule has 0 aliphatic heterocycles. The summed E-state index contributed by atoms with van der Waals surface area (Å²) < 4.78 is 0. The minimum absolute atomic E-state index is 0.0278. The van der Waals surface area contributed by atoms with Gasteiger partial charge in [-0.2, -0.15) is 0 Å². The zero-order valence-corrected chi connectivity index (χ0v) is 12.7. The van der Waals surface area contributed by atoms with Crippen molar-refractivity contribution in [1.82, 2.24) is 0 Å². The molecular formula is C16H20N2O4. The Balaban J connectivity index is 1.89. The van der Waals surface area contributed by atoms with Crippen LogP contribution in [-0.2, 0) is 14.4 Å². The molecule has 6 nitrogen and oxygen atoms in total. The number of hydrogen-bond acceptors (Lipinski definition) is 3. The molecule has 0 aromatic heterocycles. The van der Waals surface area contributed by atoms with E-state index in [1.165, 1.54) is 13.8 Å². The minimum Gasteiger partial charge on any atom is -0.481 e. The summed E-state index contributed by atoms with van der Waals surface area (Å²) in [5.74, 6) is -1.21. The topological polar surface area (TPSA) is 95.5 Å². The van der Waals surface area contributed by atoms with Crippen LogP contribution in [0.2, 0.25) is 0 Å². The maximum atomic E-state index is 11.8. The van der Waals surface area contributed by atoms with E-state index < -0.39 is 11.4 Å². The van der Waals surface area contributed by atoms with Crippen molar-refractivity contribution in [3.63, 3.8) is 0 Å². The van der Waals surface area contributed by atoms with Crippen LogP contribution < -0.4 is 10.6 Å². The zero-order valence-electron chi connectivity index (χ0n) is 12.7. The number of benzene rings is 1. The molecule has 0 heterocycles. The summed E-state index contributed by atoms with van der Waals surface area (Å²) in [5, 5.41) is 14.5. The maximum absolute atomic E-state index is 11.8. The molecule has 1 aliphatic rings. The minimum atomic E-state index is -1.11. The van der Waals surface area contributed by atoms with Crippen LogP contribution in [0.5, 0.6) is 0 Å². The van der Waals surface area contributed by atoms with Crippen molar-refractivity contribution in [3.8, 4) is 0 Å². The highest BCUT2D eigenvalue weighted by molar-refractivity contribution is 5.96. The summed E-state index contributed by atoms with van der Waals surface area (Å²) in [6, 6.07) is 6.76. The molecule has 1 fully saturated rings. The van der Waals surface area contributed by atoms with Gasteiger partial charge >= 0.3 is 5.97 Å². The second-order valence-corrected chi connectivity index (χ2v) is 6.25. The van der Waals surface area contributed by atoms with Gasteiger partial charge in [0.1, 0.15) is 0 Å². The predicted octanol–water partition coefficient (Wildman–Crippen LogP) is 2.47. The number of nitrogens with one attached hydrogen (secondary N) is 2. The average Bonchev–Trinajstić information content (AvgIpc) is 3.24. The Morgan fingerprint density at radius 2 is 1.59 bits per heavy atom. The van der Waals surface area contributed by atoms with Gasteiger partial charge in [0.05, 0.1) is 5.41 Å². The van der Waals surface area contributed by atoms with E-state index in [0.29, 0.717) is 11.4 Å². The fourth-order valence-electron chi connectivity index (χ4n) is 1.91. The average molecular weight is 304 g/mol. The largest absolute Gasteiger partial charge is 0.481 e. The van der Waals surface area contributed by atoms with Gasteiger partial charge in [0.25, 0.3) is 0 Å². The second-order valence-electron chi connectivity index (χ2n) is 6.25. The van der Waals surface area contributed by atoms with Crippen LogP contribution in [0.3, 0.4) is 0 Å². The van der Waals surface area contributed by atoms with Crippen molar-refractivity contribution < 1.29 is 19.5 Å². The van der Waals surface area contributed by atoms with Gasteiger partial charge in [-0.1, -0.05) is 0 Å². The first kappa shape index (κ1) is 16.0. The lowest BCUT2D eigenvalue weighted by atomic mass is 9.89. The molecule has 0 saturated heterocycles. The molecule has 1 aromatic rings. The fourth-order valence-corrected chi connectivity index (χ4v) is 1.91. The third-order valence-electron chi connectivity index (χ3n) is 3.57. The first-order valence-electron chi connectivity index (χ1n) is 7.22. The third-order valence-corrected chi connectivity index (χ3v) is 3.57. The van der Waals surface area contributed by atoms with E-state index in [1.54, 1.807) is 24.3 Å². The van der Waals surface area contributed by atoms with Crippen LogP contribution >= 0.6 is 0 Å². The van der Waals surface area contributed by atoms with Crippen LogP contribution in [0.15, 0.2) is 24.3 Å². The molecule has 1 aromatic carbocycles.